The lowest BCUT2D eigenvalue weighted by molar-refractivity contribution is -0.143. The summed E-state index contributed by atoms with van der Waals surface area (Å²) in [5.74, 6) is -3.12. The number of rotatable bonds is 32. The Morgan fingerprint density at radius 2 is 1.56 bits per heavy atom. The van der Waals surface area contributed by atoms with Crippen molar-refractivity contribution in [1.29, 1.82) is 0 Å². The zero-order chi connectivity index (χ0) is 60.2. The lowest BCUT2D eigenvalue weighted by Crippen LogP contribution is -2.54. The van der Waals surface area contributed by atoms with Crippen LogP contribution in [0.15, 0.2) is 60.2 Å². The molecule has 3 aliphatic rings. The fraction of sp³-hybridized carbons (Fsp3) is 0.625. The van der Waals surface area contributed by atoms with Crippen LogP contribution in [0.5, 0.6) is 0 Å². The van der Waals surface area contributed by atoms with Crippen molar-refractivity contribution >= 4 is 75.2 Å². The molecule has 0 radical (unpaired) electrons. The van der Waals surface area contributed by atoms with Crippen LogP contribution in [0, 0.1) is 11.8 Å². The van der Waals surface area contributed by atoms with Gasteiger partial charge in [-0.3, -0.25) is 39.0 Å². The number of amides is 9. The van der Waals surface area contributed by atoms with Gasteiger partial charge in [-0.15, -0.1) is 0 Å². The number of benzene rings is 1. The first-order valence-corrected chi connectivity index (χ1v) is 28.8. The fourth-order valence-corrected chi connectivity index (χ4v) is 9.18. The second kappa shape index (κ2) is 35.5. The minimum Gasteiger partial charge on any atom is -0.459 e. The smallest absolute Gasteiger partial charge is 0.426 e. The van der Waals surface area contributed by atoms with Gasteiger partial charge < -0.3 is 70.8 Å². The van der Waals surface area contributed by atoms with E-state index in [4.69, 9.17) is 38.9 Å². The van der Waals surface area contributed by atoms with Gasteiger partial charge in [0.2, 0.25) is 35.4 Å². The number of hydrogen-bond donors (Lipinski definition) is 9. The zero-order valence-corrected chi connectivity index (χ0v) is 49.6. The maximum Gasteiger partial charge on any atom is 0.426 e. The third-order valence-electron chi connectivity index (χ3n) is 13.5. The standard InChI is InChI=1S/C56H84BrN9O16/c1-34(2)51(64-48(69)20-23-76-25-26-77-24-22-59-50(71)31-57)53(73)63-44(9-8-21-60-54(58)74)52(72)61-41-15-13-40(14-16-41)32-78-55(75)66-65-49(70)28-43-30-56(33-79-56)29-42(82-43)17-10-35(3)11-18-46-36(4)27-45(38(6)81-46)62-47(68)19-12-37(5)80-39(7)67/h10-17,19,34,36-38,42-46,51H,8-9,18,20-33H2,1-7H3,(H,59,71)(H,61,72)(H,62,68)(H,63,73)(H,64,69)(H,65,70)(H,66,75)(H3,58,60,74)/b17-10+,19-12-,35-11+/t36-,37-,38+,42?,43+,44-,45+,46-,51-,56+/m0/s1. The first-order chi connectivity index (χ1) is 39.0. The Bertz CT molecular complexity index is 2390. The second-order valence-electron chi connectivity index (χ2n) is 21.0. The first-order valence-electron chi connectivity index (χ1n) is 27.7. The van der Waals surface area contributed by atoms with Crippen molar-refractivity contribution in [2.75, 3.05) is 56.8 Å². The molecule has 3 saturated heterocycles. The van der Waals surface area contributed by atoms with E-state index in [0.717, 1.165) is 12.0 Å². The number of allylic oxidation sites excluding steroid dienone is 2. The van der Waals surface area contributed by atoms with Gasteiger partial charge in [-0.25, -0.2) is 15.0 Å². The van der Waals surface area contributed by atoms with Crippen LogP contribution in [0.1, 0.15) is 105 Å². The molecule has 3 aliphatic heterocycles. The summed E-state index contributed by atoms with van der Waals surface area (Å²) in [5, 5.41) is 16.5. The van der Waals surface area contributed by atoms with Crippen molar-refractivity contribution in [2.45, 2.75) is 161 Å². The van der Waals surface area contributed by atoms with Gasteiger partial charge in [-0.1, -0.05) is 72.6 Å². The lowest BCUT2D eigenvalue weighted by Gasteiger charge is -2.39. The molecule has 1 aromatic carbocycles. The average molecular weight is 1220 g/mol. The number of primary amides is 1. The number of urea groups is 1. The SMILES string of the molecule is CC(=O)O[C@@H](C)/C=C\C(=O)N[C@@H]1C[C@H](C)[C@H](C/C=C(C)/C=C/C2C[C@]3(CO3)C[C@@H](CC(=O)NNC(=O)OCc3ccc(NC(=O)[C@H](CCCNC(N)=O)NC(=O)[C@@H](NC(=O)CCOCCOCCNC(=O)CBr)C(C)C)cc3)O2)O[C@@H]1C. The van der Waals surface area contributed by atoms with Crippen LogP contribution in [0.2, 0.25) is 0 Å². The van der Waals surface area contributed by atoms with E-state index in [1.807, 2.05) is 26.0 Å². The molecule has 0 saturated carbocycles. The van der Waals surface area contributed by atoms with Gasteiger partial charge in [-0.2, -0.15) is 0 Å². The molecule has 26 heteroatoms. The molecular weight excluding hydrogens is 1130 g/mol. The highest BCUT2D eigenvalue weighted by atomic mass is 79.9. The molecule has 3 fully saturated rings. The van der Waals surface area contributed by atoms with Crippen LogP contribution in [0.4, 0.5) is 15.3 Å². The highest BCUT2D eigenvalue weighted by Gasteiger charge is 2.51. The predicted molar refractivity (Wildman–Crippen MR) is 304 cm³/mol. The van der Waals surface area contributed by atoms with Gasteiger partial charge in [0.15, 0.2) is 0 Å². The van der Waals surface area contributed by atoms with Crippen molar-refractivity contribution in [2.24, 2.45) is 17.6 Å². The molecule has 1 unspecified atom stereocenters. The van der Waals surface area contributed by atoms with E-state index in [0.29, 0.717) is 50.3 Å². The summed E-state index contributed by atoms with van der Waals surface area (Å²) in [6.45, 7) is 14.3. The molecular formula is C56H84BrN9O16. The van der Waals surface area contributed by atoms with Crippen LogP contribution in [0.3, 0.4) is 0 Å². The van der Waals surface area contributed by atoms with Gasteiger partial charge >= 0.3 is 18.1 Å². The number of hydrogen-bond acceptors (Lipinski definition) is 16. The topological polar surface area (TPSA) is 344 Å². The van der Waals surface area contributed by atoms with Crippen molar-refractivity contribution < 1.29 is 76.3 Å². The van der Waals surface area contributed by atoms with Crippen molar-refractivity contribution in [3.05, 3.63) is 65.8 Å². The van der Waals surface area contributed by atoms with Crippen LogP contribution in [-0.4, -0.2) is 159 Å². The van der Waals surface area contributed by atoms with E-state index in [9.17, 15) is 43.2 Å². The molecule has 456 valence electrons. The van der Waals surface area contributed by atoms with Gasteiger partial charge in [0.05, 0.1) is 80.8 Å². The Morgan fingerprint density at radius 1 is 0.841 bits per heavy atom. The van der Waals surface area contributed by atoms with E-state index in [1.54, 1.807) is 45.0 Å². The number of hydrazine groups is 1. The summed E-state index contributed by atoms with van der Waals surface area (Å²) in [6.07, 6.45) is 9.37. The fourth-order valence-electron chi connectivity index (χ4n) is 8.98. The molecule has 25 nitrogen and oxygen atoms in total. The van der Waals surface area contributed by atoms with E-state index >= 15 is 0 Å². The summed E-state index contributed by atoms with van der Waals surface area (Å²) in [4.78, 5) is 112. The highest BCUT2D eigenvalue weighted by Crippen LogP contribution is 2.43. The Kier molecular flexibility index (Phi) is 29.5. The van der Waals surface area contributed by atoms with Crippen LogP contribution >= 0.6 is 15.9 Å². The summed E-state index contributed by atoms with van der Waals surface area (Å²) in [7, 11) is 0. The number of esters is 1. The van der Waals surface area contributed by atoms with Crippen molar-refractivity contribution in [1.82, 2.24) is 37.4 Å². The van der Waals surface area contributed by atoms with Gasteiger partial charge in [0.1, 0.15) is 24.8 Å². The van der Waals surface area contributed by atoms with Crippen molar-refractivity contribution in [3.63, 3.8) is 0 Å². The predicted octanol–water partition coefficient (Wildman–Crippen LogP) is 3.30. The number of carbonyl (C=O) groups is 9. The molecule has 0 aliphatic carbocycles. The molecule has 0 aromatic heterocycles. The van der Waals surface area contributed by atoms with Crippen LogP contribution < -0.4 is 48.5 Å². The minimum absolute atomic E-state index is 0.0352. The molecule has 82 heavy (non-hydrogen) atoms. The Labute approximate surface area is 487 Å². The van der Waals surface area contributed by atoms with E-state index < -0.39 is 66.0 Å². The monoisotopic (exact) mass is 1220 g/mol. The number of nitrogens with two attached hydrogens (primary N) is 1. The number of ether oxygens (including phenoxy) is 7. The van der Waals surface area contributed by atoms with Gasteiger partial charge in [-0.05, 0) is 82.1 Å². The summed E-state index contributed by atoms with van der Waals surface area (Å²) < 4.78 is 39.6. The summed E-state index contributed by atoms with van der Waals surface area (Å²) >= 11 is 3.06. The van der Waals surface area contributed by atoms with Crippen LogP contribution in [-0.2, 0) is 73.3 Å². The number of alkyl halides is 1. The number of nitrogens with one attached hydrogen (secondary N) is 8. The van der Waals surface area contributed by atoms with Gasteiger partial charge in [0, 0.05) is 51.0 Å². The molecule has 10 N–H and O–H groups in total. The third-order valence-corrected chi connectivity index (χ3v) is 14.0. The average Bonchev–Trinajstić information content (AvgIpc) is 3.33. The molecule has 9 amide bonds. The van der Waals surface area contributed by atoms with E-state index in [1.165, 1.54) is 19.1 Å². The summed E-state index contributed by atoms with van der Waals surface area (Å²) in [6, 6.07) is 3.41. The number of carbonyl (C=O) groups excluding carboxylic acids is 9. The van der Waals surface area contributed by atoms with E-state index in [2.05, 4.69) is 71.7 Å². The number of halogens is 1. The normalized spacial score (nSPS) is 22.5. The molecule has 10 atom stereocenters. The Balaban J connectivity index is 1.18. The first kappa shape index (κ1) is 68.1. The zero-order valence-electron chi connectivity index (χ0n) is 48.0. The maximum absolute atomic E-state index is 13.6. The van der Waals surface area contributed by atoms with E-state index in [-0.39, 0.29) is 118 Å². The molecule has 4 rings (SSSR count). The largest absolute Gasteiger partial charge is 0.459 e. The second-order valence-corrected chi connectivity index (χ2v) is 21.5. The Morgan fingerprint density at radius 3 is 2.23 bits per heavy atom. The Hall–Kier alpha value is -6.45. The molecule has 3 heterocycles. The third kappa shape index (κ3) is 26.6. The number of epoxide rings is 1. The van der Waals surface area contributed by atoms with Gasteiger partial charge in [0.25, 0.3) is 0 Å². The molecule has 0 bridgehead atoms. The number of anilines is 1. The molecule has 1 aromatic rings. The lowest BCUT2D eigenvalue weighted by atomic mass is 9.88. The van der Waals surface area contributed by atoms with Crippen LogP contribution in [0.25, 0.3) is 0 Å². The van der Waals surface area contributed by atoms with Crippen molar-refractivity contribution in [3.8, 4) is 0 Å². The minimum atomic E-state index is -1.08. The highest BCUT2D eigenvalue weighted by molar-refractivity contribution is 9.09. The molecule has 1 spiro atoms. The summed E-state index contributed by atoms with van der Waals surface area (Å²) in [5.41, 5.74) is 11.4. The quantitative estimate of drug-likeness (QED) is 0.00951. The maximum atomic E-state index is 13.6.